The Morgan fingerprint density at radius 1 is 0.597 bits per heavy atom. The Hall–Kier alpha value is -7.69. The molecule has 1 aliphatic rings. The van der Waals surface area contributed by atoms with Crippen molar-refractivity contribution in [2.45, 2.75) is 150 Å². The van der Waals surface area contributed by atoms with Gasteiger partial charge in [0.25, 0.3) is 5.91 Å². The van der Waals surface area contributed by atoms with Crippen molar-refractivity contribution in [1.82, 2.24) is 4.90 Å². The Kier molecular flexibility index (Phi) is 27.0. The molecular weight excluding hydrogens is 963 g/mol. The first-order valence-corrected chi connectivity index (χ1v) is 25.6. The predicted octanol–water partition coefficient (Wildman–Crippen LogP) is 12.1. The van der Waals surface area contributed by atoms with E-state index in [-0.39, 0.29) is 20.6 Å². The van der Waals surface area contributed by atoms with Crippen LogP contribution in [0, 0.1) is 59.2 Å². The number of amides is 2. The predicted molar refractivity (Wildman–Crippen MR) is 307 cm³/mol. The lowest BCUT2D eigenvalue weighted by Crippen LogP contribution is -2.57. The normalized spacial score (nSPS) is 14.9. The minimum Gasteiger partial charge on any atom is -0.440 e. The van der Waals surface area contributed by atoms with E-state index in [0.717, 1.165) is 69.5 Å². The fourth-order valence-electron chi connectivity index (χ4n) is 8.16. The van der Waals surface area contributed by atoms with Crippen LogP contribution in [0.15, 0.2) is 140 Å². The largest absolute Gasteiger partial charge is 0.440 e. The second kappa shape index (κ2) is 32.7. The standard InChI is InChI=1S/C32H37NO5.C22H28O4.C12H6.CH4/c1-5-6-17-27(34)32(4,37-22-23-18-20-25(21-19-23)24-13-9-7-10-14-24)29(35)33-28(26-15-11-8-12-16-26)31(2,3)38-30(33)36;1-3-4-10-20(24)22(2,21(25)15-23)26-16-17-11-13-19(14-12-17)18-8-6-5-7-9-18;1-3-5-7-9-11-12-10-8-6-4-2;/h7-16,18-21,27-28,34H,5-6,17,22H2,1-4H3;5-9,11-14,20,23-24H,3-4,10,15-16H2,1-2H3;1-2H3;1H4/t27-,28-,32-;20-,22-;;/m00../s1. The quantitative estimate of drug-likeness (QED) is 0.0649. The highest BCUT2D eigenvalue weighted by atomic mass is 16.6. The highest BCUT2D eigenvalue weighted by molar-refractivity contribution is 5.99. The maximum absolute atomic E-state index is 14.2. The summed E-state index contributed by atoms with van der Waals surface area (Å²) in [6, 6.07) is 44.6. The van der Waals surface area contributed by atoms with Crippen molar-refractivity contribution in [3.8, 4) is 81.5 Å². The molecule has 5 aromatic carbocycles. The van der Waals surface area contributed by atoms with Gasteiger partial charge in [0.1, 0.15) is 18.2 Å². The van der Waals surface area contributed by atoms with Gasteiger partial charge in [-0.3, -0.25) is 9.59 Å². The summed E-state index contributed by atoms with van der Waals surface area (Å²) in [5.41, 5.74) is 2.96. The number of hydrogen-bond donors (Lipinski definition) is 3. The van der Waals surface area contributed by atoms with Gasteiger partial charge in [-0.2, -0.15) is 0 Å². The van der Waals surface area contributed by atoms with E-state index in [1.807, 2.05) is 153 Å². The van der Waals surface area contributed by atoms with E-state index < -0.39 is 59.4 Å². The minimum absolute atomic E-state index is 0. The van der Waals surface area contributed by atoms with Gasteiger partial charge in [-0.25, -0.2) is 9.69 Å². The molecule has 6 rings (SSSR count). The zero-order chi connectivity index (χ0) is 55.4. The lowest BCUT2D eigenvalue weighted by atomic mass is 9.88. The zero-order valence-corrected chi connectivity index (χ0v) is 45.1. The summed E-state index contributed by atoms with van der Waals surface area (Å²) >= 11 is 0. The summed E-state index contributed by atoms with van der Waals surface area (Å²) in [5, 5.41) is 30.9. The molecule has 402 valence electrons. The van der Waals surface area contributed by atoms with Crippen LogP contribution in [0.4, 0.5) is 4.79 Å². The van der Waals surface area contributed by atoms with Crippen molar-refractivity contribution in [1.29, 1.82) is 0 Å². The third-order valence-corrected chi connectivity index (χ3v) is 12.7. The second-order valence-corrected chi connectivity index (χ2v) is 18.8. The van der Waals surface area contributed by atoms with Crippen molar-refractivity contribution >= 4 is 17.8 Å². The van der Waals surface area contributed by atoms with E-state index in [9.17, 15) is 29.7 Å². The first kappa shape index (κ1) is 63.6. The summed E-state index contributed by atoms with van der Waals surface area (Å²) in [4.78, 5) is 40.5. The van der Waals surface area contributed by atoms with Gasteiger partial charge in [0.05, 0.1) is 25.4 Å². The maximum atomic E-state index is 14.2. The first-order chi connectivity index (χ1) is 36.6. The fraction of sp³-hybridized carbons (Fsp3) is 0.358. The van der Waals surface area contributed by atoms with Gasteiger partial charge in [-0.05, 0) is 141 Å². The number of hydrogen-bond acceptors (Lipinski definition) is 9. The van der Waals surface area contributed by atoms with Crippen LogP contribution in [0.5, 0.6) is 0 Å². The number of benzene rings is 5. The molecule has 3 N–H and O–H groups in total. The Balaban J connectivity index is 0.000000346. The lowest BCUT2D eigenvalue weighted by molar-refractivity contribution is -0.174. The van der Waals surface area contributed by atoms with Gasteiger partial charge in [0.15, 0.2) is 17.0 Å². The van der Waals surface area contributed by atoms with Crippen molar-refractivity contribution < 1.29 is 43.9 Å². The molecule has 1 saturated heterocycles. The molecule has 1 fully saturated rings. The lowest BCUT2D eigenvalue weighted by Gasteiger charge is -2.37. The SMILES string of the molecule is C.CC#CC#CC#CC#CC#CC.CCCC[C@H](O)[C@](C)(OCc1ccc(-c2ccccc2)cc1)C(=O)CO.CCCC[C@H](O)[C@](C)(OCc1ccc(-c2ccccc2)cc1)C(=O)N1C(=O)OC(C)(C)[C@@H]1c1ccccc1. The van der Waals surface area contributed by atoms with Crippen molar-refractivity contribution in [3.05, 3.63) is 156 Å². The summed E-state index contributed by atoms with van der Waals surface area (Å²) in [6.45, 7) is 13.8. The molecule has 0 saturated carbocycles. The van der Waals surface area contributed by atoms with Gasteiger partial charge in [0, 0.05) is 0 Å². The Labute approximate surface area is 458 Å². The van der Waals surface area contributed by atoms with Crippen LogP contribution in [0.2, 0.25) is 0 Å². The number of cyclic esters (lactones) is 1. The smallest absolute Gasteiger partial charge is 0.417 e. The zero-order valence-electron chi connectivity index (χ0n) is 45.1. The van der Waals surface area contributed by atoms with Gasteiger partial charge < -0.3 is 29.5 Å². The van der Waals surface area contributed by atoms with Crippen molar-refractivity contribution in [3.63, 3.8) is 0 Å². The van der Waals surface area contributed by atoms with Gasteiger partial charge in [0.2, 0.25) is 0 Å². The number of ketones is 1. The van der Waals surface area contributed by atoms with E-state index in [1.165, 1.54) is 0 Å². The molecule has 5 aromatic rings. The van der Waals surface area contributed by atoms with E-state index in [0.29, 0.717) is 12.8 Å². The molecule has 1 aliphatic heterocycles. The number of unbranched alkanes of at least 4 members (excludes halogenated alkanes) is 2. The van der Waals surface area contributed by atoms with Crippen molar-refractivity contribution in [2.24, 2.45) is 0 Å². The molecule has 2 amide bonds. The topological polar surface area (TPSA) is 143 Å². The molecule has 0 aromatic heterocycles. The summed E-state index contributed by atoms with van der Waals surface area (Å²) < 4.78 is 17.7. The molecule has 10 heteroatoms. The van der Waals surface area contributed by atoms with Crippen LogP contribution in [-0.4, -0.2) is 73.6 Å². The fourth-order valence-corrected chi connectivity index (χ4v) is 8.16. The van der Waals surface area contributed by atoms with E-state index in [4.69, 9.17) is 14.2 Å². The van der Waals surface area contributed by atoms with Crippen LogP contribution >= 0.6 is 0 Å². The van der Waals surface area contributed by atoms with Crippen molar-refractivity contribution in [2.75, 3.05) is 6.61 Å². The summed E-state index contributed by atoms with van der Waals surface area (Å²) in [7, 11) is 0. The molecular formula is C67H75NO9. The molecule has 1 heterocycles. The number of aliphatic hydroxyl groups excluding tert-OH is 3. The molecule has 0 bridgehead atoms. The van der Waals surface area contributed by atoms with Crippen LogP contribution in [-0.2, 0) is 37.0 Å². The molecule has 10 nitrogen and oxygen atoms in total. The first-order valence-electron chi connectivity index (χ1n) is 25.6. The number of aliphatic hydroxyl groups is 3. The number of carbonyl (C=O) groups excluding carboxylic acids is 3. The number of imide groups is 1. The van der Waals surface area contributed by atoms with Crippen LogP contribution in [0.1, 0.15) is 124 Å². The highest BCUT2D eigenvalue weighted by Gasteiger charge is 2.57. The number of rotatable bonds is 20. The minimum atomic E-state index is -1.65. The molecule has 0 aliphatic carbocycles. The molecule has 5 atom stereocenters. The summed E-state index contributed by atoms with van der Waals surface area (Å²) in [5.74, 6) is 24.5. The maximum Gasteiger partial charge on any atom is 0.417 e. The van der Waals surface area contributed by atoms with Crippen LogP contribution in [0.25, 0.3) is 22.3 Å². The molecule has 0 spiro atoms. The average Bonchev–Trinajstić information content (AvgIpc) is 3.72. The Morgan fingerprint density at radius 2 is 0.961 bits per heavy atom. The Bertz CT molecular complexity index is 2910. The molecule has 0 unspecified atom stereocenters. The third kappa shape index (κ3) is 18.8. The molecule has 0 radical (unpaired) electrons. The van der Waals surface area contributed by atoms with Gasteiger partial charge in [-0.1, -0.05) is 198 Å². The second-order valence-electron chi connectivity index (χ2n) is 18.8. The van der Waals surface area contributed by atoms with Crippen LogP contribution in [0.3, 0.4) is 0 Å². The number of Topliss-reactive ketones (excluding diaryl/α,β-unsaturated/α-hetero) is 1. The van der Waals surface area contributed by atoms with E-state index in [1.54, 1.807) is 41.5 Å². The molecule has 77 heavy (non-hydrogen) atoms. The number of carbonyl (C=O) groups is 3. The Morgan fingerprint density at radius 3 is 1.35 bits per heavy atom. The van der Waals surface area contributed by atoms with Gasteiger partial charge >= 0.3 is 6.09 Å². The monoisotopic (exact) mass is 1040 g/mol. The van der Waals surface area contributed by atoms with Gasteiger partial charge in [-0.15, -0.1) is 0 Å². The highest BCUT2D eigenvalue weighted by Crippen LogP contribution is 2.43. The number of ether oxygens (including phenoxy) is 3. The van der Waals surface area contributed by atoms with E-state index in [2.05, 4.69) is 59.2 Å². The average molecular weight is 1040 g/mol. The van der Waals surface area contributed by atoms with Crippen LogP contribution < -0.4 is 0 Å². The number of nitrogens with zero attached hydrogens (tertiary/aromatic N) is 1. The third-order valence-electron chi connectivity index (χ3n) is 12.7. The van der Waals surface area contributed by atoms with E-state index >= 15 is 0 Å². The summed E-state index contributed by atoms with van der Waals surface area (Å²) in [6.07, 6.45) is 1.34.